The number of halogens is 1. The van der Waals surface area contributed by atoms with E-state index >= 15 is 4.39 Å². The molecule has 4 rings (SSSR count). The molecule has 1 saturated carbocycles. The number of amides is 2. The van der Waals surface area contributed by atoms with E-state index in [1.54, 1.807) is 6.92 Å². The number of nitrogens with one attached hydrogen (secondary N) is 4. The van der Waals surface area contributed by atoms with Crippen molar-refractivity contribution in [3.05, 3.63) is 59.4 Å². The molecule has 1 aliphatic heterocycles. The zero-order valence-corrected chi connectivity index (χ0v) is 27.3. The van der Waals surface area contributed by atoms with Gasteiger partial charge in [0.1, 0.15) is 0 Å². The average molecular weight is 646 g/mol. The van der Waals surface area contributed by atoms with Crippen molar-refractivity contribution >= 4 is 39.7 Å². The fraction of sp³-hybridized carbons (Fsp3) is 0.545. The van der Waals surface area contributed by atoms with Crippen LogP contribution < -0.4 is 25.6 Å². The van der Waals surface area contributed by atoms with Crippen LogP contribution in [0.4, 0.5) is 15.8 Å². The normalized spacial score (nSPS) is 19.0. The van der Waals surface area contributed by atoms with Crippen LogP contribution in [0.25, 0.3) is 0 Å². The van der Waals surface area contributed by atoms with Crippen molar-refractivity contribution in [1.82, 2.24) is 16.0 Å². The number of rotatable bonds is 13. The Morgan fingerprint density at radius 3 is 2.38 bits per heavy atom. The maximum Gasteiger partial charge on any atom is 0.255 e. The van der Waals surface area contributed by atoms with Gasteiger partial charge in [-0.3, -0.25) is 33.1 Å². The summed E-state index contributed by atoms with van der Waals surface area (Å²) in [6, 6.07) is 10.5. The fourth-order valence-electron chi connectivity index (χ4n) is 5.83. The highest BCUT2D eigenvalue weighted by molar-refractivity contribution is 8.25. The molecule has 248 valence electrons. The third-order valence-corrected chi connectivity index (χ3v) is 10.2. The van der Waals surface area contributed by atoms with Gasteiger partial charge in [-0.1, -0.05) is 49.6 Å². The smallest absolute Gasteiger partial charge is 0.255 e. The Kier molecular flexibility index (Phi) is 12.2. The number of ketones is 1. The zero-order valence-electron chi connectivity index (χ0n) is 26.5. The first-order valence-corrected chi connectivity index (χ1v) is 17.7. The van der Waals surface area contributed by atoms with Crippen molar-refractivity contribution in [2.45, 2.75) is 96.3 Å². The monoisotopic (exact) mass is 645 g/mol. The van der Waals surface area contributed by atoms with Crippen LogP contribution >= 0.6 is 10.8 Å². The maximum absolute atomic E-state index is 16.1. The van der Waals surface area contributed by atoms with Gasteiger partial charge in [0.05, 0.1) is 35.6 Å². The molecule has 2 atom stereocenters. The molecule has 0 bridgehead atoms. The molecule has 2 aliphatic rings. The summed E-state index contributed by atoms with van der Waals surface area (Å²) in [5.74, 6) is -2.10. The predicted molar refractivity (Wildman–Crippen MR) is 178 cm³/mol. The van der Waals surface area contributed by atoms with E-state index in [1.165, 1.54) is 22.9 Å². The first kappa shape index (κ1) is 34.7. The summed E-state index contributed by atoms with van der Waals surface area (Å²) in [6.45, 7) is 5.56. The van der Waals surface area contributed by atoms with Crippen LogP contribution in [0, 0.1) is 5.82 Å². The van der Waals surface area contributed by atoms with Crippen molar-refractivity contribution in [3.63, 3.8) is 0 Å². The Morgan fingerprint density at radius 1 is 1.00 bits per heavy atom. The molecule has 1 heterocycles. The molecule has 10 nitrogen and oxygen atoms in total. The first-order valence-electron chi connectivity index (χ1n) is 16.0. The van der Waals surface area contributed by atoms with Crippen LogP contribution in [0.15, 0.2) is 42.5 Å². The minimum Gasteiger partial charge on any atom is -0.383 e. The van der Waals surface area contributed by atoms with Crippen molar-refractivity contribution in [2.75, 3.05) is 28.5 Å². The molecule has 0 unspecified atom stereocenters. The number of carbonyl (C=O) groups is 3. The summed E-state index contributed by atoms with van der Waals surface area (Å²) in [5.41, 5.74) is 0.863. The summed E-state index contributed by atoms with van der Waals surface area (Å²) in [7, 11) is -3.26. The third-order valence-electron chi connectivity index (χ3n) is 8.31. The highest BCUT2D eigenvalue weighted by Crippen LogP contribution is 2.51. The van der Waals surface area contributed by atoms with Crippen molar-refractivity contribution in [1.29, 1.82) is 0 Å². The lowest BCUT2D eigenvalue weighted by Crippen LogP contribution is -2.51. The van der Waals surface area contributed by atoms with Gasteiger partial charge in [0, 0.05) is 24.3 Å². The van der Waals surface area contributed by atoms with E-state index in [2.05, 4.69) is 21.3 Å². The van der Waals surface area contributed by atoms with Crippen LogP contribution in [0.5, 0.6) is 0 Å². The molecule has 2 fully saturated rings. The van der Waals surface area contributed by atoms with E-state index in [4.69, 9.17) is 0 Å². The van der Waals surface area contributed by atoms with Gasteiger partial charge in [0.2, 0.25) is 5.91 Å². The molecule has 6 N–H and O–H groups in total. The number of benzene rings is 2. The van der Waals surface area contributed by atoms with Gasteiger partial charge in [-0.05, 0) is 70.6 Å². The molecule has 1 saturated heterocycles. The molecule has 45 heavy (non-hydrogen) atoms. The van der Waals surface area contributed by atoms with Gasteiger partial charge in [0.25, 0.3) is 5.91 Å². The first-order chi connectivity index (χ1) is 21.4. The molecule has 0 spiro atoms. The number of Topliss-reactive ketones (excluding diaryl/α,β-unsaturated/α-hetero) is 1. The Labute approximate surface area is 267 Å². The second-order valence-corrected chi connectivity index (χ2v) is 14.5. The fourth-order valence-corrected chi connectivity index (χ4v) is 7.51. The molecule has 2 aromatic rings. The molecular weight excluding hydrogens is 597 g/mol. The van der Waals surface area contributed by atoms with E-state index in [0.717, 1.165) is 31.2 Å². The maximum atomic E-state index is 16.1. The van der Waals surface area contributed by atoms with E-state index in [1.807, 2.05) is 44.2 Å². The molecule has 1 aliphatic carbocycles. The van der Waals surface area contributed by atoms with Crippen molar-refractivity contribution in [2.24, 2.45) is 0 Å². The van der Waals surface area contributed by atoms with Gasteiger partial charge < -0.3 is 16.0 Å². The molecule has 12 heteroatoms. The highest BCUT2D eigenvalue weighted by atomic mass is 32.3. The van der Waals surface area contributed by atoms with E-state index < -0.39 is 34.6 Å². The summed E-state index contributed by atoms with van der Waals surface area (Å²) < 4.78 is 38.8. The standard InChI is InChI=1S/C33H48FN5O5S/c1-22(2)36-26-19-27(31(34)29(20-26)39-16-10-11-17-45(39,43)44)33(42)38-28(18-24-12-6-4-7-13-24)30(40)21-35-23(3)32(41)37-25-14-8-5-9-15-25/h4,6-7,12-13,19-20,22-23,25,28,35-36,43-44H,5,8-11,14-18,21H2,1-3H3,(H,37,41)(H,38,42)/t23-,28-/m0/s1. The minimum absolute atomic E-state index is 0.0447. The topological polar surface area (TPSA) is 143 Å². The van der Waals surface area contributed by atoms with Crippen LogP contribution in [-0.2, 0) is 16.0 Å². The average Bonchev–Trinajstić information content (AvgIpc) is 3.00. The second kappa shape index (κ2) is 15.9. The largest absolute Gasteiger partial charge is 0.383 e. The Morgan fingerprint density at radius 2 is 1.71 bits per heavy atom. The molecule has 0 aromatic heterocycles. The number of nitrogens with zero attached hydrogens (tertiary/aromatic N) is 1. The Hall–Kier alpha value is -3.19. The number of carbonyl (C=O) groups excluding carboxylic acids is 3. The predicted octanol–water partition coefficient (Wildman–Crippen LogP) is 5.25. The van der Waals surface area contributed by atoms with Crippen LogP contribution in [0.2, 0.25) is 0 Å². The Bertz CT molecular complexity index is 1320. The number of hydrogen-bond donors (Lipinski definition) is 6. The van der Waals surface area contributed by atoms with Crippen LogP contribution in [0.3, 0.4) is 0 Å². The Balaban J connectivity index is 1.54. The minimum atomic E-state index is -3.26. The van der Waals surface area contributed by atoms with Crippen LogP contribution in [0.1, 0.15) is 81.6 Å². The summed E-state index contributed by atoms with van der Waals surface area (Å²) in [4.78, 5) is 40.0. The number of anilines is 2. The molecular formula is C33H48FN5O5S. The lowest BCUT2D eigenvalue weighted by Gasteiger charge is -2.47. The van der Waals surface area contributed by atoms with Gasteiger partial charge in [-0.2, -0.15) is 0 Å². The van der Waals surface area contributed by atoms with Gasteiger partial charge >= 0.3 is 0 Å². The molecule has 2 amide bonds. The van der Waals surface area contributed by atoms with Gasteiger partial charge in [-0.25, -0.2) is 4.39 Å². The van der Waals surface area contributed by atoms with Gasteiger partial charge in [-0.15, -0.1) is 10.8 Å². The lowest BCUT2D eigenvalue weighted by molar-refractivity contribution is -0.124. The SMILES string of the molecule is CC(C)Nc1cc(C(=O)N[C@@H](Cc2ccccc2)C(=O)CN[C@@H](C)C(=O)NC2CCCCC2)c(F)c(N2CCCCS2(O)O)c1. The quantitative estimate of drug-likeness (QED) is 0.174. The summed E-state index contributed by atoms with van der Waals surface area (Å²) in [5, 5.41) is 12.0. The summed E-state index contributed by atoms with van der Waals surface area (Å²) in [6.07, 6.45) is 6.68. The lowest BCUT2D eigenvalue weighted by atomic mass is 9.95. The van der Waals surface area contributed by atoms with E-state index in [0.29, 0.717) is 18.5 Å². The van der Waals surface area contributed by atoms with Crippen molar-refractivity contribution in [3.8, 4) is 0 Å². The molecule has 2 aromatic carbocycles. The zero-order chi connectivity index (χ0) is 32.6. The third kappa shape index (κ3) is 9.65. The second-order valence-electron chi connectivity index (χ2n) is 12.4. The van der Waals surface area contributed by atoms with E-state index in [9.17, 15) is 23.5 Å². The highest BCUT2D eigenvalue weighted by Gasteiger charge is 2.32. The number of hydrogen-bond acceptors (Lipinski definition) is 8. The van der Waals surface area contributed by atoms with E-state index in [-0.39, 0.29) is 60.3 Å². The van der Waals surface area contributed by atoms with Gasteiger partial charge in [0.15, 0.2) is 11.6 Å². The summed E-state index contributed by atoms with van der Waals surface area (Å²) >= 11 is 0. The molecule has 0 radical (unpaired) electrons. The van der Waals surface area contributed by atoms with Crippen molar-refractivity contribution < 1.29 is 27.9 Å². The van der Waals surface area contributed by atoms with Crippen LogP contribution in [-0.4, -0.2) is 69.7 Å².